The molecule has 3 heterocycles. The summed E-state index contributed by atoms with van der Waals surface area (Å²) in [7, 11) is 0. The van der Waals surface area contributed by atoms with E-state index in [4.69, 9.17) is 9.47 Å². The van der Waals surface area contributed by atoms with Crippen LogP contribution in [0.1, 0.15) is 52.2 Å². The fraction of sp³-hybridized carbons (Fsp3) is 0.250. The Hall–Kier alpha value is -4.32. The Morgan fingerprint density at radius 2 is 1.68 bits per heavy atom. The molecule has 3 aromatic carbocycles. The topological polar surface area (TPSA) is 63.7 Å². The highest BCUT2D eigenvalue weighted by Crippen LogP contribution is 2.57. The van der Waals surface area contributed by atoms with Gasteiger partial charge in [0.05, 0.1) is 5.56 Å². The monoisotopic (exact) mass is 505 g/mol. The van der Waals surface area contributed by atoms with Crippen molar-refractivity contribution in [3.8, 4) is 11.5 Å². The zero-order valence-corrected chi connectivity index (χ0v) is 22.0. The molecule has 1 aromatic heterocycles. The van der Waals surface area contributed by atoms with E-state index in [9.17, 15) is 4.79 Å². The van der Waals surface area contributed by atoms with Crippen molar-refractivity contribution in [1.29, 1.82) is 0 Å². The summed E-state index contributed by atoms with van der Waals surface area (Å²) in [5, 5.41) is 3.57. The van der Waals surface area contributed by atoms with E-state index in [1.54, 1.807) is 0 Å². The molecular weight excluding hydrogens is 474 g/mol. The number of hydrogen-bond donors (Lipinski definition) is 1. The van der Waals surface area contributed by atoms with Gasteiger partial charge in [0.25, 0.3) is 0 Å². The number of hydrogen-bond acceptors (Lipinski definition) is 6. The molecule has 0 saturated carbocycles. The van der Waals surface area contributed by atoms with Crippen molar-refractivity contribution in [2.45, 2.75) is 32.8 Å². The molecule has 1 spiro atoms. The quantitative estimate of drug-likeness (QED) is 0.291. The van der Waals surface area contributed by atoms with Crippen LogP contribution >= 0.6 is 0 Å². The number of nitrogens with one attached hydrogen (secondary N) is 1. The number of nitrogens with zero attached hydrogens (tertiary/aromatic N) is 2. The Bertz CT molecular complexity index is 1510. The number of carbonyl (C=O) groups is 1. The summed E-state index contributed by atoms with van der Waals surface area (Å²) in [5.74, 6) is 1.09. The molecular formula is C32H31N3O3. The minimum atomic E-state index is -1.08. The van der Waals surface area contributed by atoms with Crippen LogP contribution in [0.4, 0.5) is 11.4 Å². The van der Waals surface area contributed by atoms with Gasteiger partial charge in [-0.3, -0.25) is 4.98 Å². The molecule has 6 heteroatoms. The average molecular weight is 506 g/mol. The molecule has 0 aliphatic carbocycles. The number of fused-ring (bicyclic) bond motifs is 6. The molecule has 6 rings (SSSR count). The average Bonchev–Trinajstić information content (AvgIpc) is 3.23. The number of aromatic nitrogens is 1. The SMILES string of the molecule is CCN(CC)c1ccc2c(c1)Oc1cc(C)c(NCCc3ccccn3)cc1C21OC(=O)c2ccccc21. The van der Waals surface area contributed by atoms with Crippen LogP contribution in [0.5, 0.6) is 11.5 Å². The van der Waals surface area contributed by atoms with Crippen LogP contribution in [-0.2, 0) is 16.8 Å². The van der Waals surface area contributed by atoms with Gasteiger partial charge in [-0.05, 0) is 68.8 Å². The fourth-order valence-electron chi connectivity index (χ4n) is 5.66. The van der Waals surface area contributed by atoms with E-state index in [1.165, 1.54) is 0 Å². The Labute approximate surface area is 223 Å². The summed E-state index contributed by atoms with van der Waals surface area (Å²) in [5.41, 5.74) is 6.16. The molecule has 6 nitrogen and oxygen atoms in total. The lowest BCUT2D eigenvalue weighted by Gasteiger charge is -2.37. The van der Waals surface area contributed by atoms with Gasteiger partial charge in [-0.2, -0.15) is 0 Å². The first kappa shape index (κ1) is 24.0. The van der Waals surface area contributed by atoms with Crippen LogP contribution < -0.4 is 15.0 Å². The molecule has 0 saturated heterocycles. The van der Waals surface area contributed by atoms with Crippen LogP contribution in [0, 0.1) is 6.92 Å². The molecule has 2 aliphatic rings. The number of esters is 1. The fourth-order valence-corrected chi connectivity index (χ4v) is 5.66. The molecule has 0 bridgehead atoms. The highest BCUT2D eigenvalue weighted by Gasteiger charge is 2.53. The van der Waals surface area contributed by atoms with Gasteiger partial charge in [-0.25, -0.2) is 4.79 Å². The molecule has 1 unspecified atom stereocenters. The van der Waals surface area contributed by atoms with Gasteiger partial charge in [0.1, 0.15) is 11.5 Å². The zero-order chi connectivity index (χ0) is 26.3. The second-order valence-electron chi connectivity index (χ2n) is 9.73. The van der Waals surface area contributed by atoms with Crippen LogP contribution in [-0.4, -0.2) is 30.6 Å². The maximum atomic E-state index is 13.2. The molecule has 0 radical (unpaired) electrons. The molecule has 0 amide bonds. The van der Waals surface area contributed by atoms with Gasteiger partial charge in [-0.15, -0.1) is 0 Å². The number of aryl methyl sites for hydroxylation is 1. The Kier molecular flexibility index (Phi) is 6.03. The third kappa shape index (κ3) is 3.79. The molecule has 4 aromatic rings. The van der Waals surface area contributed by atoms with Crippen LogP contribution in [0.2, 0.25) is 0 Å². The van der Waals surface area contributed by atoms with Crippen LogP contribution in [0.3, 0.4) is 0 Å². The maximum absolute atomic E-state index is 13.2. The Morgan fingerprint density at radius 3 is 2.47 bits per heavy atom. The van der Waals surface area contributed by atoms with E-state index in [-0.39, 0.29) is 5.97 Å². The largest absolute Gasteiger partial charge is 0.456 e. The number of ether oxygens (including phenoxy) is 2. The van der Waals surface area contributed by atoms with Crippen LogP contribution in [0.15, 0.2) is 79.0 Å². The smallest absolute Gasteiger partial charge is 0.340 e. The van der Waals surface area contributed by atoms with Crippen LogP contribution in [0.25, 0.3) is 0 Å². The van der Waals surface area contributed by atoms with Gasteiger partial charge in [-0.1, -0.05) is 24.3 Å². The number of rotatable bonds is 7. The predicted octanol–water partition coefficient (Wildman–Crippen LogP) is 6.46. The minimum absolute atomic E-state index is 0.322. The van der Waals surface area contributed by atoms with Gasteiger partial charge in [0, 0.05) is 72.1 Å². The number of anilines is 2. The lowest BCUT2D eigenvalue weighted by atomic mass is 9.77. The van der Waals surface area contributed by atoms with E-state index in [2.05, 4.69) is 60.2 Å². The van der Waals surface area contributed by atoms with Crippen molar-refractivity contribution in [1.82, 2.24) is 4.98 Å². The molecule has 2 aliphatic heterocycles. The van der Waals surface area contributed by atoms with E-state index in [0.29, 0.717) is 17.1 Å². The lowest BCUT2D eigenvalue weighted by molar-refractivity contribution is 0.0224. The lowest BCUT2D eigenvalue weighted by Crippen LogP contribution is -2.33. The number of benzene rings is 3. The van der Waals surface area contributed by atoms with Gasteiger partial charge in [0.15, 0.2) is 5.60 Å². The molecule has 0 fully saturated rings. The van der Waals surface area contributed by atoms with Crippen molar-refractivity contribution < 1.29 is 14.3 Å². The molecule has 38 heavy (non-hydrogen) atoms. The first-order valence-corrected chi connectivity index (χ1v) is 13.2. The normalized spacial score (nSPS) is 16.8. The van der Waals surface area contributed by atoms with Crippen molar-refractivity contribution >= 4 is 17.3 Å². The van der Waals surface area contributed by atoms with Crippen molar-refractivity contribution in [2.24, 2.45) is 0 Å². The van der Waals surface area contributed by atoms with Gasteiger partial charge >= 0.3 is 5.97 Å². The second kappa shape index (κ2) is 9.53. The summed E-state index contributed by atoms with van der Waals surface area (Å²) in [6.07, 6.45) is 2.61. The van der Waals surface area contributed by atoms with E-state index >= 15 is 0 Å². The summed E-state index contributed by atoms with van der Waals surface area (Å²) in [4.78, 5) is 19.9. The summed E-state index contributed by atoms with van der Waals surface area (Å²) >= 11 is 0. The molecule has 192 valence electrons. The maximum Gasteiger partial charge on any atom is 0.340 e. The molecule has 1 atom stereocenters. The number of carbonyl (C=O) groups excluding carboxylic acids is 1. The van der Waals surface area contributed by atoms with E-state index in [0.717, 1.165) is 65.4 Å². The summed E-state index contributed by atoms with van der Waals surface area (Å²) in [6, 6.07) is 24.0. The highest BCUT2D eigenvalue weighted by atomic mass is 16.6. The zero-order valence-electron chi connectivity index (χ0n) is 22.0. The molecule has 1 N–H and O–H groups in total. The highest BCUT2D eigenvalue weighted by molar-refractivity contribution is 5.97. The Balaban J connectivity index is 1.47. The first-order valence-electron chi connectivity index (χ1n) is 13.2. The summed E-state index contributed by atoms with van der Waals surface area (Å²) < 4.78 is 12.9. The van der Waals surface area contributed by atoms with Crippen molar-refractivity contribution in [3.05, 3.63) is 113 Å². The predicted molar refractivity (Wildman–Crippen MR) is 149 cm³/mol. The second-order valence-corrected chi connectivity index (χ2v) is 9.73. The van der Waals surface area contributed by atoms with E-state index in [1.807, 2.05) is 54.7 Å². The van der Waals surface area contributed by atoms with Crippen molar-refractivity contribution in [2.75, 3.05) is 29.9 Å². The Morgan fingerprint density at radius 1 is 0.895 bits per heavy atom. The third-order valence-electron chi connectivity index (χ3n) is 7.59. The van der Waals surface area contributed by atoms with E-state index < -0.39 is 5.60 Å². The van der Waals surface area contributed by atoms with Crippen molar-refractivity contribution in [3.63, 3.8) is 0 Å². The summed E-state index contributed by atoms with van der Waals surface area (Å²) in [6.45, 7) is 8.85. The van der Waals surface area contributed by atoms with Gasteiger partial charge < -0.3 is 19.7 Å². The number of pyridine rings is 1. The van der Waals surface area contributed by atoms with Gasteiger partial charge in [0.2, 0.25) is 0 Å². The standard InChI is InChI=1S/C32H31N3O3/c1-4-35(5-2)23-13-14-26-30(19-23)37-29-18-21(3)28(34-17-15-22-10-8-9-16-33-22)20-27(29)32(26)25-12-7-6-11-24(25)31(36)38-32/h6-14,16,18-20,34H,4-5,15,17H2,1-3H3. The third-order valence-corrected chi connectivity index (χ3v) is 7.59. The minimum Gasteiger partial charge on any atom is -0.456 e. The first-order chi connectivity index (χ1) is 18.5.